The molecule has 12 heavy (non-hydrogen) atoms. The van der Waals surface area contributed by atoms with E-state index in [0.717, 1.165) is 0 Å². The number of rotatable bonds is 3. The first kappa shape index (κ1) is 11.1. The Morgan fingerprint density at radius 1 is 1.33 bits per heavy atom. The number of urea groups is 1. The van der Waals surface area contributed by atoms with E-state index in [4.69, 9.17) is 0 Å². The molecule has 0 fully saturated rings. The van der Waals surface area contributed by atoms with Crippen molar-refractivity contribution in [3.63, 3.8) is 0 Å². The fraction of sp³-hybridized carbons (Fsp3) is 0.750. The Hall–Kier alpha value is -0.900. The van der Waals surface area contributed by atoms with Crippen molar-refractivity contribution in [2.75, 3.05) is 27.2 Å². The van der Waals surface area contributed by atoms with Crippen LogP contribution in [0, 0.1) is 0 Å². The van der Waals surface area contributed by atoms with Gasteiger partial charge >= 0.3 is 12.4 Å². The minimum atomic E-state index is -0.234. The molecule has 0 rings (SSSR count). The summed E-state index contributed by atoms with van der Waals surface area (Å²) in [4.78, 5) is 23.7. The molecule has 0 aliphatic carbocycles. The summed E-state index contributed by atoms with van der Waals surface area (Å²) < 4.78 is -0.234. The van der Waals surface area contributed by atoms with Crippen LogP contribution in [0.4, 0.5) is 4.79 Å². The van der Waals surface area contributed by atoms with E-state index in [9.17, 15) is 9.59 Å². The number of hydrogen-bond acceptors (Lipinski definition) is 2. The summed E-state index contributed by atoms with van der Waals surface area (Å²) >= 11 is 0. The number of carbonyl (C=O) groups is 2. The van der Waals surface area contributed by atoms with Gasteiger partial charge in [-0.1, -0.05) is 0 Å². The van der Waals surface area contributed by atoms with Crippen LogP contribution in [0.25, 0.3) is 0 Å². The van der Waals surface area contributed by atoms with Gasteiger partial charge in [0.25, 0.3) is 0 Å². The van der Waals surface area contributed by atoms with Gasteiger partial charge in [0.2, 0.25) is 0 Å². The molecular weight excluding hydrogens is 156 g/mol. The Morgan fingerprint density at radius 3 is 2.00 bits per heavy atom. The second-order valence-corrected chi connectivity index (χ2v) is 3.10. The summed E-state index contributed by atoms with van der Waals surface area (Å²) in [6, 6.07) is -0.157. The lowest BCUT2D eigenvalue weighted by atomic mass is 10.5. The summed E-state index contributed by atoms with van der Waals surface area (Å²) in [5.41, 5.74) is 0. The third-order valence-electron chi connectivity index (χ3n) is 1.79. The van der Waals surface area contributed by atoms with E-state index in [1.165, 1.54) is 0 Å². The second kappa shape index (κ2) is 4.21. The van der Waals surface area contributed by atoms with Crippen LogP contribution < -0.4 is 0 Å². The fourth-order valence-corrected chi connectivity index (χ4v) is 0.904. The zero-order valence-corrected chi connectivity index (χ0v) is 8.20. The molecule has 0 atom stereocenters. The van der Waals surface area contributed by atoms with Crippen molar-refractivity contribution in [3.8, 4) is 0 Å². The standard InChI is InChI=1S/C8H17N2O2/c1-5-9(6-2)8(12)10(3,4)7-11/h7H,5-6H2,1-4H3/q+1. The summed E-state index contributed by atoms with van der Waals surface area (Å²) in [6.45, 7) is 5.08. The highest BCUT2D eigenvalue weighted by Crippen LogP contribution is 2.01. The summed E-state index contributed by atoms with van der Waals surface area (Å²) in [6.07, 6.45) is 0.640. The average Bonchev–Trinajstić information content (AvgIpc) is 2.06. The van der Waals surface area contributed by atoms with Crippen LogP contribution in [-0.4, -0.2) is 49.0 Å². The van der Waals surface area contributed by atoms with Crippen LogP contribution in [0.3, 0.4) is 0 Å². The number of carbonyl (C=O) groups excluding carboxylic acids is 2. The minimum absolute atomic E-state index is 0.157. The lowest BCUT2D eigenvalue weighted by Gasteiger charge is -2.25. The van der Waals surface area contributed by atoms with Gasteiger partial charge in [-0.15, -0.1) is 0 Å². The van der Waals surface area contributed by atoms with E-state index in [0.29, 0.717) is 19.5 Å². The molecule has 0 spiro atoms. The minimum Gasteiger partial charge on any atom is -0.293 e. The zero-order chi connectivity index (χ0) is 9.78. The van der Waals surface area contributed by atoms with E-state index in [1.807, 2.05) is 13.8 Å². The molecule has 0 radical (unpaired) electrons. The molecular formula is C8H17N2O2+. The molecule has 4 heteroatoms. The van der Waals surface area contributed by atoms with Crippen LogP contribution in [0.5, 0.6) is 0 Å². The van der Waals surface area contributed by atoms with E-state index in [-0.39, 0.29) is 10.5 Å². The number of amides is 3. The molecule has 70 valence electrons. The van der Waals surface area contributed by atoms with Gasteiger partial charge in [0.05, 0.1) is 14.1 Å². The Labute approximate surface area is 73.3 Å². The maximum absolute atomic E-state index is 11.5. The lowest BCUT2D eigenvalue weighted by Crippen LogP contribution is -2.52. The van der Waals surface area contributed by atoms with Crippen molar-refractivity contribution in [1.82, 2.24) is 4.90 Å². The van der Waals surface area contributed by atoms with Crippen LogP contribution >= 0.6 is 0 Å². The van der Waals surface area contributed by atoms with Gasteiger partial charge in [-0.3, -0.25) is 4.90 Å². The smallest absolute Gasteiger partial charge is 0.293 e. The SMILES string of the molecule is CCN(CC)C(=O)[N+](C)(C)C=O. The molecule has 0 bridgehead atoms. The predicted molar refractivity (Wildman–Crippen MR) is 46.5 cm³/mol. The van der Waals surface area contributed by atoms with Crippen molar-refractivity contribution in [2.45, 2.75) is 13.8 Å². The van der Waals surface area contributed by atoms with Gasteiger partial charge in [-0.05, 0) is 13.8 Å². The maximum Gasteiger partial charge on any atom is 0.425 e. The second-order valence-electron chi connectivity index (χ2n) is 3.10. The monoisotopic (exact) mass is 173 g/mol. The lowest BCUT2D eigenvalue weighted by molar-refractivity contribution is -0.723. The third kappa shape index (κ3) is 2.30. The van der Waals surface area contributed by atoms with E-state index < -0.39 is 0 Å². The quantitative estimate of drug-likeness (QED) is 0.465. The van der Waals surface area contributed by atoms with Crippen molar-refractivity contribution >= 4 is 12.4 Å². The van der Waals surface area contributed by atoms with Gasteiger partial charge < -0.3 is 0 Å². The first-order valence-corrected chi connectivity index (χ1v) is 4.09. The fourth-order valence-electron chi connectivity index (χ4n) is 0.904. The van der Waals surface area contributed by atoms with Crippen molar-refractivity contribution in [2.24, 2.45) is 0 Å². The van der Waals surface area contributed by atoms with Crippen LogP contribution in [-0.2, 0) is 4.79 Å². The van der Waals surface area contributed by atoms with Crippen LogP contribution in [0.1, 0.15) is 13.8 Å². The molecule has 4 nitrogen and oxygen atoms in total. The Balaban J connectivity index is 4.45. The molecule has 0 unspecified atom stereocenters. The molecule has 0 aliphatic heterocycles. The Morgan fingerprint density at radius 2 is 1.75 bits per heavy atom. The van der Waals surface area contributed by atoms with E-state index in [1.54, 1.807) is 19.0 Å². The van der Waals surface area contributed by atoms with Gasteiger partial charge in [-0.2, -0.15) is 4.48 Å². The zero-order valence-electron chi connectivity index (χ0n) is 8.20. The third-order valence-corrected chi connectivity index (χ3v) is 1.79. The molecule has 0 aliphatic rings. The van der Waals surface area contributed by atoms with Crippen molar-refractivity contribution < 1.29 is 14.1 Å². The molecule has 0 N–H and O–H groups in total. The predicted octanol–water partition coefficient (Wildman–Crippen LogP) is 0.681. The van der Waals surface area contributed by atoms with Gasteiger partial charge in [0.15, 0.2) is 0 Å². The summed E-state index contributed by atoms with van der Waals surface area (Å²) in [5.74, 6) is 0. The normalized spacial score (nSPS) is 11.0. The van der Waals surface area contributed by atoms with Crippen molar-refractivity contribution in [1.29, 1.82) is 0 Å². The molecule has 3 amide bonds. The van der Waals surface area contributed by atoms with Crippen molar-refractivity contribution in [3.05, 3.63) is 0 Å². The van der Waals surface area contributed by atoms with Gasteiger partial charge in [0, 0.05) is 13.1 Å². The Kier molecular flexibility index (Phi) is 3.89. The maximum atomic E-state index is 11.5. The molecule has 0 aromatic heterocycles. The largest absolute Gasteiger partial charge is 0.425 e. The van der Waals surface area contributed by atoms with Crippen LogP contribution in [0.2, 0.25) is 0 Å². The summed E-state index contributed by atoms with van der Waals surface area (Å²) in [5, 5.41) is 0. The van der Waals surface area contributed by atoms with Crippen LogP contribution in [0.15, 0.2) is 0 Å². The number of hydrogen-bond donors (Lipinski definition) is 0. The van der Waals surface area contributed by atoms with Gasteiger partial charge in [-0.25, -0.2) is 9.59 Å². The highest BCUT2D eigenvalue weighted by molar-refractivity contribution is 5.73. The highest BCUT2D eigenvalue weighted by Gasteiger charge is 2.29. The average molecular weight is 173 g/mol. The van der Waals surface area contributed by atoms with E-state index in [2.05, 4.69) is 0 Å². The molecule has 0 saturated carbocycles. The molecule has 0 heterocycles. The van der Waals surface area contributed by atoms with Gasteiger partial charge in [0.1, 0.15) is 0 Å². The molecule has 0 saturated heterocycles. The molecule has 0 aromatic carbocycles. The Bertz CT molecular complexity index is 174. The first-order chi connectivity index (χ1) is 5.49. The topological polar surface area (TPSA) is 37.4 Å². The first-order valence-electron chi connectivity index (χ1n) is 4.09. The number of imide groups is 1. The summed E-state index contributed by atoms with van der Waals surface area (Å²) in [7, 11) is 3.15. The van der Waals surface area contributed by atoms with E-state index >= 15 is 0 Å². The highest BCUT2D eigenvalue weighted by atomic mass is 16.2. The molecule has 0 aromatic rings. The number of nitrogens with zero attached hydrogens (tertiary/aromatic N) is 2. The number of quaternary nitrogens is 1.